The Hall–Kier alpha value is -2.02. The van der Waals surface area contributed by atoms with E-state index in [4.69, 9.17) is 11.5 Å². The van der Waals surface area contributed by atoms with Crippen LogP contribution in [-0.2, 0) is 0 Å². The molecule has 0 bridgehead atoms. The minimum absolute atomic E-state index is 0.123. The van der Waals surface area contributed by atoms with Gasteiger partial charge in [-0.25, -0.2) is 0 Å². The Balaban J connectivity index is 3.27. The quantitative estimate of drug-likeness (QED) is 0.685. The number of nitrogens with one attached hydrogen (secondary N) is 1. The molecule has 0 radical (unpaired) electrons. The predicted octanol–water partition coefficient (Wildman–Crippen LogP) is 0.729. The second-order valence-corrected chi connectivity index (χ2v) is 4.80. The van der Waals surface area contributed by atoms with Crippen molar-refractivity contribution in [3.05, 3.63) is 23.1 Å². The van der Waals surface area contributed by atoms with Crippen LogP contribution >= 0.6 is 11.3 Å². The Kier molecular flexibility index (Phi) is 4.33. The molecule has 1 rings (SSSR count). The number of anilines is 2. The first-order valence-corrected chi connectivity index (χ1v) is 6.00. The minimum Gasteiger partial charge on any atom is -0.397 e. The molecule has 0 fully saturated rings. The van der Waals surface area contributed by atoms with Gasteiger partial charge < -0.3 is 21.7 Å². The lowest BCUT2D eigenvalue weighted by Gasteiger charge is -2.08. The van der Waals surface area contributed by atoms with Crippen molar-refractivity contribution in [2.45, 2.75) is 0 Å². The third-order valence-electron chi connectivity index (χ3n) is 2.20. The molecule has 0 unspecified atom stereocenters. The molecule has 98 valence electrons. The lowest BCUT2D eigenvalue weighted by molar-refractivity contribution is 0.0833. The number of nitrogens with zero attached hydrogens (tertiary/aromatic N) is 1. The lowest BCUT2D eigenvalue weighted by atomic mass is 10.2. The highest BCUT2D eigenvalue weighted by Gasteiger charge is 2.24. The van der Waals surface area contributed by atoms with Crippen LogP contribution in [0.5, 0.6) is 0 Å². The van der Waals surface area contributed by atoms with Crippen molar-refractivity contribution in [3.63, 3.8) is 0 Å². The van der Waals surface area contributed by atoms with Crippen LogP contribution in [0.15, 0.2) is 12.7 Å². The van der Waals surface area contributed by atoms with Crippen LogP contribution in [0.2, 0.25) is 0 Å². The summed E-state index contributed by atoms with van der Waals surface area (Å²) in [4.78, 5) is 25.0. The molecule has 0 aliphatic carbocycles. The fourth-order valence-corrected chi connectivity index (χ4v) is 2.49. The first kappa shape index (κ1) is 14.0. The zero-order chi connectivity index (χ0) is 13.9. The Morgan fingerprint density at radius 3 is 2.56 bits per heavy atom. The number of primary amides is 1. The fraction of sp³-hybridized carbons (Fsp3) is 0.273. The van der Waals surface area contributed by atoms with Crippen LogP contribution < -0.4 is 16.8 Å². The van der Waals surface area contributed by atoms with Crippen molar-refractivity contribution in [1.29, 1.82) is 0 Å². The number of rotatable bonds is 5. The monoisotopic (exact) mass is 268 g/mol. The molecular formula is C11H16N4O2S. The minimum atomic E-state index is -0.659. The molecule has 2 amide bonds. The molecule has 0 aliphatic heterocycles. The number of nitrogen functional groups attached to an aromatic ring is 1. The summed E-state index contributed by atoms with van der Waals surface area (Å²) >= 11 is 1.11. The van der Waals surface area contributed by atoms with E-state index in [1.807, 2.05) is 0 Å². The van der Waals surface area contributed by atoms with Crippen molar-refractivity contribution < 1.29 is 9.59 Å². The Labute approximate surface area is 109 Å². The van der Waals surface area contributed by atoms with E-state index in [1.165, 1.54) is 4.90 Å². The number of hydrogen-bond acceptors (Lipinski definition) is 5. The molecule has 1 heterocycles. The van der Waals surface area contributed by atoms with E-state index < -0.39 is 5.91 Å². The van der Waals surface area contributed by atoms with Gasteiger partial charge in [-0.15, -0.1) is 17.9 Å². The third kappa shape index (κ3) is 2.62. The van der Waals surface area contributed by atoms with Crippen LogP contribution in [0.3, 0.4) is 0 Å². The molecule has 0 aliphatic rings. The normalized spacial score (nSPS) is 9.89. The second kappa shape index (κ2) is 5.54. The number of hydrogen-bond donors (Lipinski definition) is 3. The summed E-state index contributed by atoms with van der Waals surface area (Å²) in [6, 6.07) is 0. The average Bonchev–Trinajstić information content (AvgIpc) is 2.62. The lowest BCUT2D eigenvalue weighted by Crippen LogP contribution is -2.22. The first-order chi connectivity index (χ1) is 8.40. The maximum Gasteiger partial charge on any atom is 0.265 e. The van der Waals surface area contributed by atoms with Crippen molar-refractivity contribution in [3.8, 4) is 0 Å². The van der Waals surface area contributed by atoms with E-state index in [0.29, 0.717) is 16.4 Å². The summed E-state index contributed by atoms with van der Waals surface area (Å²) in [5.74, 6) is -0.917. The molecule has 0 aromatic carbocycles. The zero-order valence-corrected chi connectivity index (χ0v) is 11.1. The molecular weight excluding hydrogens is 252 g/mol. The number of amides is 2. The predicted molar refractivity (Wildman–Crippen MR) is 74.0 cm³/mol. The van der Waals surface area contributed by atoms with Crippen molar-refractivity contribution in [2.24, 2.45) is 5.73 Å². The van der Waals surface area contributed by atoms with Crippen LogP contribution in [0.25, 0.3) is 0 Å². The fourth-order valence-electron chi connectivity index (χ4n) is 1.34. The van der Waals surface area contributed by atoms with E-state index in [9.17, 15) is 9.59 Å². The van der Waals surface area contributed by atoms with Gasteiger partial charge in [0.25, 0.3) is 11.8 Å². The van der Waals surface area contributed by atoms with Gasteiger partial charge in [0.05, 0.1) is 11.3 Å². The van der Waals surface area contributed by atoms with Gasteiger partial charge in [0.15, 0.2) is 0 Å². The van der Waals surface area contributed by atoms with Crippen molar-refractivity contribution in [2.75, 3.05) is 31.7 Å². The molecule has 0 saturated carbocycles. The van der Waals surface area contributed by atoms with Gasteiger partial charge in [-0.05, 0) is 0 Å². The van der Waals surface area contributed by atoms with Crippen LogP contribution in [0.4, 0.5) is 10.7 Å². The zero-order valence-electron chi connectivity index (χ0n) is 10.3. The van der Waals surface area contributed by atoms with Gasteiger partial charge in [0.1, 0.15) is 9.88 Å². The Morgan fingerprint density at radius 2 is 2.11 bits per heavy atom. The first-order valence-electron chi connectivity index (χ1n) is 5.18. The van der Waals surface area contributed by atoms with E-state index in [1.54, 1.807) is 20.2 Å². The SMILES string of the molecule is C=CCNc1sc(C(=O)N(C)C)c(N)c1C(N)=O. The van der Waals surface area contributed by atoms with E-state index in [0.717, 1.165) is 11.3 Å². The summed E-state index contributed by atoms with van der Waals surface area (Å²) in [7, 11) is 3.23. The number of nitrogens with two attached hydrogens (primary N) is 2. The molecule has 6 nitrogen and oxygen atoms in total. The molecule has 1 aromatic heterocycles. The van der Waals surface area contributed by atoms with Gasteiger partial charge in [-0.3, -0.25) is 9.59 Å². The summed E-state index contributed by atoms with van der Waals surface area (Å²) in [6.45, 7) is 4.02. The van der Waals surface area contributed by atoms with Gasteiger partial charge in [-0.2, -0.15) is 0 Å². The largest absolute Gasteiger partial charge is 0.397 e. The second-order valence-electron chi connectivity index (χ2n) is 3.78. The number of thiophene rings is 1. The van der Waals surface area contributed by atoms with Crippen LogP contribution in [-0.4, -0.2) is 37.4 Å². The van der Waals surface area contributed by atoms with Crippen molar-refractivity contribution >= 4 is 33.8 Å². The molecule has 7 heteroatoms. The van der Waals surface area contributed by atoms with Crippen LogP contribution in [0, 0.1) is 0 Å². The maximum absolute atomic E-state index is 11.9. The number of carbonyl (C=O) groups excluding carboxylic acids is 2. The molecule has 0 saturated heterocycles. The Bertz CT molecular complexity index is 493. The summed E-state index contributed by atoms with van der Waals surface area (Å²) in [6.07, 6.45) is 1.63. The highest BCUT2D eigenvalue weighted by atomic mass is 32.1. The standard InChI is InChI=1S/C11H16N4O2S/c1-4-5-14-10-6(9(13)16)7(12)8(18-10)11(17)15(2)3/h4,14H,1,5,12H2,2-3H3,(H2,13,16). The van der Waals surface area contributed by atoms with Crippen molar-refractivity contribution in [1.82, 2.24) is 4.90 Å². The topological polar surface area (TPSA) is 101 Å². The smallest absolute Gasteiger partial charge is 0.265 e. The average molecular weight is 268 g/mol. The number of carbonyl (C=O) groups is 2. The van der Waals surface area contributed by atoms with E-state index in [2.05, 4.69) is 11.9 Å². The molecule has 0 spiro atoms. The van der Waals surface area contributed by atoms with Gasteiger partial charge in [0, 0.05) is 20.6 Å². The summed E-state index contributed by atoms with van der Waals surface area (Å²) < 4.78 is 0. The molecule has 18 heavy (non-hydrogen) atoms. The van der Waals surface area contributed by atoms with Gasteiger partial charge in [-0.1, -0.05) is 6.08 Å². The van der Waals surface area contributed by atoms with E-state index in [-0.39, 0.29) is 17.2 Å². The molecule has 0 atom stereocenters. The third-order valence-corrected chi connectivity index (χ3v) is 3.35. The summed E-state index contributed by atoms with van der Waals surface area (Å²) in [5, 5.41) is 3.44. The highest BCUT2D eigenvalue weighted by Crippen LogP contribution is 2.35. The highest BCUT2D eigenvalue weighted by molar-refractivity contribution is 7.19. The van der Waals surface area contributed by atoms with Gasteiger partial charge >= 0.3 is 0 Å². The molecule has 1 aromatic rings. The Morgan fingerprint density at radius 1 is 1.50 bits per heavy atom. The summed E-state index contributed by atoms with van der Waals surface area (Å²) in [5.41, 5.74) is 11.4. The van der Waals surface area contributed by atoms with Crippen LogP contribution in [0.1, 0.15) is 20.0 Å². The van der Waals surface area contributed by atoms with Gasteiger partial charge in [0.2, 0.25) is 0 Å². The van der Waals surface area contributed by atoms with E-state index >= 15 is 0 Å². The molecule has 5 N–H and O–H groups in total. The maximum atomic E-state index is 11.9.